The van der Waals surface area contributed by atoms with Gasteiger partial charge in [-0.05, 0) is 0 Å². The summed E-state index contributed by atoms with van der Waals surface area (Å²) in [7, 11) is 0. The third-order valence-electron chi connectivity index (χ3n) is 0.626. The van der Waals surface area contributed by atoms with Crippen molar-refractivity contribution in [1.29, 1.82) is 0 Å². The summed E-state index contributed by atoms with van der Waals surface area (Å²) in [5, 5.41) is 8.19. The zero-order chi connectivity index (χ0) is 6.24. The van der Waals surface area contributed by atoms with E-state index in [-0.39, 0.29) is 11.3 Å². The minimum atomic E-state index is 0. The van der Waals surface area contributed by atoms with E-state index in [2.05, 4.69) is 5.43 Å². The quantitative estimate of drug-likeness (QED) is 0.250. The fourth-order valence-corrected chi connectivity index (χ4v) is 0.298. The Morgan fingerprint density at radius 3 is 2.56 bits per heavy atom. The van der Waals surface area contributed by atoms with Gasteiger partial charge in [0.2, 0.25) is 0 Å². The van der Waals surface area contributed by atoms with Crippen LogP contribution in [0.4, 0.5) is 4.70 Å². The summed E-state index contributed by atoms with van der Waals surface area (Å²) in [5.74, 6) is 4.92. The molecule has 0 saturated heterocycles. The Balaban J connectivity index is 0. The maximum Gasteiger partial charge on any atom is 0.0698 e. The molecule has 0 rings (SSSR count). The molecular formula is C4H13FN2O2. The van der Waals surface area contributed by atoms with Gasteiger partial charge in [-0.3, -0.25) is 16.0 Å². The number of hydrogen-bond acceptors (Lipinski definition) is 4. The van der Waals surface area contributed by atoms with Crippen molar-refractivity contribution in [3.05, 3.63) is 0 Å². The Morgan fingerprint density at radius 2 is 2.11 bits per heavy atom. The van der Waals surface area contributed by atoms with E-state index in [1.54, 1.807) is 0 Å². The molecule has 0 aromatic rings. The topological polar surface area (TPSA) is 67.5 Å². The van der Waals surface area contributed by atoms with Crippen LogP contribution in [-0.4, -0.2) is 31.5 Å². The molecule has 0 aliphatic heterocycles. The van der Waals surface area contributed by atoms with E-state index < -0.39 is 0 Å². The molecule has 9 heavy (non-hydrogen) atoms. The van der Waals surface area contributed by atoms with Crippen molar-refractivity contribution in [3.8, 4) is 0 Å². The summed E-state index contributed by atoms with van der Waals surface area (Å²) < 4.78 is 4.83. The van der Waals surface area contributed by atoms with Crippen molar-refractivity contribution in [3.63, 3.8) is 0 Å². The summed E-state index contributed by atoms with van der Waals surface area (Å²) in [5.41, 5.74) is 2.42. The molecule has 0 aliphatic rings. The van der Waals surface area contributed by atoms with Crippen LogP contribution in [0.15, 0.2) is 0 Å². The van der Waals surface area contributed by atoms with Gasteiger partial charge in [0.25, 0.3) is 0 Å². The number of nitrogens with one attached hydrogen (secondary N) is 1. The van der Waals surface area contributed by atoms with E-state index in [4.69, 9.17) is 15.7 Å². The first kappa shape index (κ1) is 11.6. The summed E-state index contributed by atoms with van der Waals surface area (Å²) >= 11 is 0. The number of rotatable bonds is 5. The van der Waals surface area contributed by atoms with Crippen molar-refractivity contribution in [2.45, 2.75) is 0 Å². The van der Waals surface area contributed by atoms with E-state index in [9.17, 15) is 0 Å². The Morgan fingerprint density at radius 1 is 1.44 bits per heavy atom. The molecule has 5 heteroatoms. The number of aliphatic hydroxyl groups is 1. The van der Waals surface area contributed by atoms with Gasteiger partial charge in [-0.2, -0.15) is 0 Å². The average molecular weight is 140 g/mol. The van der Waals surface area contributed by atoms with Crippen molar-refractivity contribution in [2.24, 2.45) is 5.84 Å². The number of aliphatic hydroxyl groups excluding tert-OH is 1. The third-order valence-corrected chi connectivity index (χ3v) is 0.626. The van der Waals surface area contributed by atoms with E-state index in [1.165, 1.54) is 0 Å². The Bertz CT molecular complexity index is 41.5. The summed E-state index contributed by atoms with van der Waals surface area (Å²) in [6.07, 6.45) is 0. The van der Waals surface area contributed by atoms with E-state index in [0.717, 1.165) is 0 Å². The maximum absolute atomic E-state index is 8.19. The normalized spacial score (nSPS) is 8.67. The number of ether oxygens (including phenoxy) is 1. The van der Waals surface area contributed by atoms with E-state index in [1.807, 2.05) is 0 Å². The Labute approximate surface area is 53.3 Å². The van der Waals surface area contributed by atoms with Crippen molar-refractivity contribution >= 4 is 0 Å². The molecule has 0 aromatic heterocycles. The van der Waals surface area contributed by atoms with Crippen LogP contribution in [0.5, 0.6) is 0 Å². The lowest BCUT2D eigenvalue weighted by atomic mass is 10.7. The van der Waals surface area contributed by atoms with Gasteiger partial charge < -0.3 is 9.84 Å². The molecule has 4 nitrogen and oxygen atoms in total. The van der Waals surface area contributed by atoms with Gasteiger partial charge in [-0.25, -0.2) is 0 Å². The molecule has 58 valence electrons. The number of nitrogens with two attached hydrogens (primary N) is 1. The second-order valence-electron chi connectivity index (χ2n) is 1.29. The third kappa shape index (κ3) is 11.4. The highest BCUT2D eigenvalue weighted by Crippen LogP contribution is 1.68. The minimum Gasteiger partial charge on any atom is -0.394 e. The largest absolute Gasteiger partial charge is 0.394 e. The molecule has 0 aliphatic carbocycles. The van der Waals surface area contributed by atoms with E-state index in [0.29, 0.717) is 19.8 Å². The molecule has 0 atom stereocenters. The van der Waals surface area contributed by atoms with Crippen LogP contribution in [0.2, 0.25) is 0 Å². The Hall–Kier alpha value is -0.230. The molecule has 0 amide bonds. The molecule has 0 unspecified atom stereocenters. The van der Waals surface area contributed by atoms with Crippen LogP contribution in [0.1, 0.15) is 0 Å². The Kier molecular flexibility index (Phi) is 13.7. The van der Waals surface area contributed by atoms with E-state index >= 15 is 0 Å². The molecule has 0 radical (unpaired) electrons. The van der Waals surface area contributed by atoms with Gasteiger partial charge in [-0.15, -0.1) is 0 Å². The van der Waals surface area contributed by atoms with Gasteiger partial charge in [-0.1, -0.05) is 0 Å². The fourth-order valence-electron chi connectivity index (χ4n) is 0.298. The monoisotopic (exact) mass is 140 g/mol. The number of halogens is 1. The molecule has 4 N–H and O–H groups in total. The lowest BCUT2D eigenvalue weighted by Gasteiger charge is -1.98. The first-order valence-corrected chi connectivity index (χ1v) is 2.54. The van der Waals surface area contributed by atoms with Crippen LogP contribution in [0.3, 0.4) is 0 Å². The molecule has 0 bridgehead atoms. The first-order valence-electron chi connectivity index (χ1n) is 2.54. The van der Waals surface area contributed by atoms with Crippen LogP contribution in [0.25, 0.3) is 0 Å². The highest BCUT2D eigenvalue weighted by atomic mass is 19.0. The molecule has 0 fully saturated rings. The smallest absolute Gasteiger partial charge is 0.0698 e. The van der Waals surface area contributed by atoms with Gasteiger partial charge in [0, 0.05) is 6.54 Å². The zero-order valence-corrected chi connectivity index (χ0v) is 5.17. The average Bonchev–Trinajstić information content (AvgIpc) is 1.81. The predicted octanol–water partition coefficient (Wildman–Crippen LogP) is -1.39. The highest BCUT2D eigenvalue weighted by Gasteiger charge is 1.81. The molecule has 0 spiro atoms. The molecule has 0 saturated carbocycles. The van der Waals surface area contributed by atoms with Crippen molar-refractivity contribution in [2.75, 3.05) is 26.4 Å². The lowest BCUT2D eigenvalue weighted by Crippen LogP contribution is -2.26. The highest BCUT2D eigenvalue weighted by molar-refractivity contribution is 4.32. The zero-order valence-electron chi connectivity index (χ0n) is 5.17. The number of hydrazine groups is 1. The second-order valence-corrected chi connectivity index (χ2v) is 1.29. The van der Waals surface area contributed by atoms with Crippen LogP contribution >= 0.6 is 0 Å². The lowest BCUT2D eigenvalue weighted by molar-refractivity contribution is 0.0940. The van der Waals surface area contributed by atoms with Crippen LogP contribution < -0.4 is 11.3 Å². The van der Waals surface area contributed by atoms with Crippen LogP contribution in [-0.2, 0) is 4.74 Å². The number of hydrogen-bond donors (Lipinski definition) is 3. The standard InChI is InChI=1S/C4H12N2O2.FH/c5-6-1-3-8-4-2-7;/h6-7H,1-5H2;1H. The minimum absolute atomic E-state index is 0. The summed E-state index contributed by atoms with van der Waals surface area (Å²) in [4.78, 5) is 0. The summed E-state index contributed by atoms with van der Waals surface area (Å²) in [6.45, 7) is 1.64. The molecule has 0 heterocycles. The maximum atomic E-state index is 8.19. The van der Waals surface area contributed by atoms with Gasteiger partial charge in [0.15, 0.2) is 0 Å². The van der Waals surface area contributed by atoms with Crippen molar-refractivity contribution in [1.82, 2.24) is 5.43 Å². The van der Waals surface area contributed by atoms with Gasteiger partial charge in [0.05, 0.1) is 19.8 Å². The summed E-state index contributed by atoms with van der Waals surface area (Å²) in [6, 6.07) is 0. The van der Waals surface area contributed by atoms with Gasteiger partial charge >= 0.3 is 0 Å². The van der Waals surface area contributed by atoms with Crippen LogP contribution in [0, 0.1) is 0 Å². The fraction of sp³-hybridized carbons (Fsp3) is 1.00. The molecular weight excluding hydrogens is 127 g/mol. The SMILES string of the molecule is F.NNCCOCCO. The van der Waals surface area contributed by atoms with Gasteiger partial charge in [0.1, 0.15) is 0 Å². The first-order chi connectivity index (χ1) is 3.91. The second kappa shape index (κ2) is 10.7. The van der Waals surface area contributed by atoms with Crippen molar-refractivity contribution < 1.29 is 14.5 Å². The molecule has 0 aromatic carbocycles. The predicted molar refractivity (Wildman–Crippen MR) is 32.6 cm³/mol.